The van der Waals surface area contributed by atoms with Gasteiger partial charge in [0.2, 0.25) is 0 Å². The van der Waals surface area contributed by atoms with Crippen molar-refractivity contribution in [2.45, 2.75) is 18.1 Å². The van der Waals surface area contributed by atoms with Gasteiger partial charge in [0, 0.05) is 12.1 Å². The number of hydrogen-bond acceptors (Lipinski definition) is 3. The molecule has 0 aliphatic carbocycles. The van der Waals surface area contributed by atoms with Crippen molar-refractivity contribution in [1.29, 1.82) is 0 Å². The van der Waals surface area contributed by atoms with Crippen molar-refractivity contribution < 1.29 is 14.6 Å². The van der Waals surface area contributed by atoms with Crippen molar-refractivity contribution in [2.75, 3.05) is 19.8 Å². The number of hydrogen-bond donors (Lipinski definition) is 1. The monoisotopic (exact) mass is 445 g/mol. The summed E-state index contributed by atoms with van der Waals surface area (Å²) in [6.07, 6.45) is 0. The molecule has 0 radical (unpaired) electrons. The van der Waals surface area contributed by atoms with Gasteiger partial charge in [-0.25, -0.2) is 0 Å². The average molecular weight is 447 g/mol. The SMILES string of the molecule is C[C@]1(c2ccccc2)COCCN2C(=O)c3c(Cl)c(Cl)c(Cl)c(Cl)c3[C@]21O. The highest BCUT2D eigenvalue weighted by molar-refractivity contribution is 6.53. The Labute approximate surface area is 176 Å². The van der Waals surface area contributed by atoms with Crippen LogP contribution in [0.15, 0.2) is 30.3 Å². The Morgan fingerprint density at radius 1 is 1.04 bits per heavy atom. The lowest BCUT2D eigenvalue weighted by atomic mass is 9.70. The Morgan fingerprint density at radius 2 is 1.67 bits per heavy atom. The fraction of sp³-hybridized carbons (Fsp3) is 0.316. The first-order valence-corrected chi connectivity index (χ1v) is 9.80. The topological polar surface area (TPSA) is 49.8 Å². The molecule has 2 aromatic carbocycles. The first-order valence-electron chi connectivity index (χ1n) is 8.29. The molecule has 2 heterocycles. The van der Waals surface area contributed by atoms with Gasteiger partial charge in [0.05, 0.1) is 44.3 Å². The molecule has 2 aliphatic heterocycles. The zero-order valence-electron chi connectivity index (χ0n) is 14.2. The molecule has 27 heavy (non-hydrogen) atoms. The van der Waals surface area contributed by atoms with Crippen LogP contribution in [0.4, 0.5) is 0 Å². The number of amides is 1. The quantitative estimate of drug-likeness (QED) is 0.501. The highest BCUT2D eigenvalue weighted by atomic mass is 35.5. The van der Waals surface area contributed by atoms with Crippen molar-refractivity contribution >= 4 is 52.3 Å². The van der Waals surface area contributed by atoms with Gasteiger partial charge in [-0.15, -0.1) is 0 Å². The zero-order valence-corrected chi connectivity index (χ0v) is 17.3. The molecule has 2 aromatic rings. The molecular weight excluding hydrogens is 432 g/mol. The maximum absolute atomic E-state index is 13.2. The third kappa shape index (κ3) is 2.41. The first-order chi connectivity index (χ1) is 12.7. The molecular formula is C19H15Cl4NO3. The van der Waals surface area contributed by atoms with Crippen LogP contribution in [-0.2, 0) is 15.9 Å². The molecule has 0 spiro atoms. The van der Waals surface area contributed by atoms with E-state index in [1.54, 1.807) is 0 Å². The second-order valence-electron chi connectivity index (χ2n) is 6.89. The van der Waals surface area contributed by atoms with Gasteiger partial charge in [-0.1, -0.05) is 76.7 Å². The molecule has 1 saturated heterocycles. The van der Waals surface area contributed by atoms with Crippen molar-refractivity contribution in [3.05, 3.63) is 67.1 Å². The molecule has 0 bridgehead atoms. The summed E-state index contributed by atoms with van der Waals surface area (Å²) in [7, 11) is 0. The Bertz CT molecular complexity index is 952. The number of nitrogens with zero attached hydrogens (tertiary/aromatic N) is 1. The van der Waals surface area contributed by atoms with Crippen LogP contribution in [0.25, 0.3) is 0 Å². The van der Waals surface area contributed by atoms with E-state index in [9.17, 15) is 9.90 Å². The summed E-state index contributed by atoms with van der Waals surface area (Å²) in [5, 5.41) is 12.1. The minimum atomic E-state index is -1.80. The van der Waals surface area contributed by atoms with Crippen LogP contribution in [0, 0.1) is 0 Å². The van der Waals surface area contributed by atoms with Crippen molar-refractivity contribution in [2.24, 2.45) is 0 Å². The van der Waals surface area contributed by atoms with E-state index in [-0.39, 0.29) is 51.0 Å². The van der Waals surface area contributed by atoms with E-state index < -0.39 is 17.0 Å². The fourth-order valence-corrected chi connectivity index (χ4v) is 5.10. The lowest BCUT2D eigenvalue weighted by molar-refractivity contribution is -0.136. The van der Waals surface area contributed by atoms with E-state index >= 15 is 0 Å². The number of halogens is 4. The summed E-state index contributed by atoms with van der Waals surface area (Å²) in [6.45, 7) is 2.44. The normalized spacial score (nSPS) is 27.3. The summed E-state index contributed by atoms with van der Waals surface area (Å²) in [5.74, 6) is -0.453. The third-order valence-corrected chi connectivity index (χ3v) is 7.30. The summed E-state index contributed by atoms with van der Waals surface area (Å²) in [5.41, 5.74) is -1.77. The highest BCUT2D eigenvalue weighted by Crippen LogP contribution is 2.57. The van der Waals surface area contributed by atoms with Gasteiger partial charge in [-0.05, 0) is 12.5 Å². The van der Waals surface area contributed by atoms with Gasteiger partial charge in [-0.3, -0.25) is 4.79 Å². The van der Waals surface area contributed by atoms with Gasteiger partial charge in [-0.2, -0.15) is 0 Å². The minimum Gasteiger partial charge on any atom is -0.378 e. The Balaban J connectivity index is 2.10. The van der Waals surface area contributed by atoms with E-state index in [2.05, 4.69) is 0 Å². The lowest BCUT2D eigenvalue weighted by Crippen LogP contribution is -2.57. The summed E-state index contributed by atoms with van der Waals surface area (Å²) < 4.78 is 5.76. The van der Waals surface area contributed by atoms with Gasteiger partial charge in [0.1, 0.15) is 0 Å². The second kappa shape index (κ2) is 6.51. The molecule has 0 unspecified atom stereocenters. The molecule has 4 rings (SSSR count). The number of carbonyl (C=O) groups is 1. The molecule has 142 valence electrons. The fourth-order valence-electron chi connectivity index (χ4n) is 4.04. The maximum atomic E-state index is 13.2. The molecule has 0 saturated carbocycles. The highest BCUT2D eigenvalue weighted by Gasteiger charge is 2.63. The van der Waals surface area contributed by atoms with Crippen molar-refractivity contribution in [1.82, 2.24) is 4.90 Å². The molecule has 1 fully saturated rings. The Morgan fingerprint density at radius 3 is 2.33 bits per heavy atom. The predicted octanol–water partition coefficient (Wildman–Crippen LogP) is 4.89. The van der Waals surface area contributed by atoms with Gasteiger partial charge < -0.3 is 14.7 Å². The maximum Gasteiger partial charge on any atom is 0.258 e. The van der Waals surface area contributed by atoms with Crippen LogP contribution in [0.2, 0.25) is 20.1 Å². The van der Waals surface area contributed by atoms with Crippen LogP contribution in [0.1, 0.15) is 28.4 Å². The number of fused-ring (bicyclic) bond motifs is 3. The Hall–Kier alpha value is -1.01. The third-order valence-electron chi connectivity index (χ3n) is 5.50. The van der Waals surface area contributed by atoms with Crippen LogP contribution < -0.4 is 0 Å². The minimum absolute atomic E-state index is 0.00523. The van der Waals surface area contributed by atoms with Crippen LogP contribution in [0.3, 0.4) is 0 Å². The van der Waals surface area contributed by atoms with E-state index in [0.29, 0.717) is 0 Å². The van der Waals surface area contributed by atoms with Crippen molar-refractivity contribution in [3.8, 4) is 0 Å². The molecule has 4 nitrogen and oxygen atoms in total. The first kappa shape index (κ1) is 19.3. The molecule has 1 amide bonds. The van der Waals surface area contributed by atoms with Gasteiger partial charge in [0.25, 0.3) is 5.91 Å². The molecule has 8 heteroatoms. The molecule has 1 N–H and O–H groups in total. The molecule has 0 aromatic heterocycles. The Kier molecular flexibility index (Phi) is 4.66. The number of carbonyl (C=O) groups excluding carboxylic acids is 1. The lowest BCUT2D eigenvalue weighted by Gasteiger charge is -2.46. The largest absolute Gasteiger partial charge is 0.378 e. The van der Waals surface area contributed by atoms with Crippen LogP contribution >= 0.6 is 46.4 Å². The number of aliphatic hydroxyl groups is 1. The van der Waals surface area contributed by atoms with Gasteiger partial charge in [0.15, 0.2) is 5.72 Å². The van der Waals surface area contributed by atoms with Crippen LogP contribution in [0.5, 0.6) is 0 Å². The number of ether oxygens (including phenoxy) is 1. The smallest absolute Gasteiger partial charge is 0.258 e. The van der Waals surface area contributed by atoms with Crippen molar-refractivity contribution in [3.63, 3.8) is 0 Å². The summed E-state index contributed by atoms with van der Waals surface area (Å²) in [4.78, 5) is 14.6. The van der Waals surface area contributed by atoms with E-state index in [1.165, 1.54) is 4.90 Å². The standard InChI is InChI=1S/C19H15Cl4NO3/c1-18(10-5-3-2-4-6-10)9-27-8-7-24-17(25)11-12(19(18,24)26)14(21)16(23)15(22)13(11)20/h2-6,26H,7-9H2,1H3/t18-,19-/m1/s1. The van der Waals surface area contributed by atoms with Gasteiger partial charge >= 0.3 is 0 Å². The zero-order chi connectivity index (χ0) is 19.6. The van der Waals surface area contributed by atoms with E-state index in [4.69, 9.17) is 51.1 Å². The van der Waals surface area contributed by atoms with Crippen LogP contribution in [-0.4, -0.2) is 35.7 Å². The van der Waals surface area contributed by atoms with E-state index in [0.717, 1.165) is 5.56 Å². The second-order valence-corrected chi connectivity index (χ2v) is 8.40. The van der Waals surface area contributed by atoms with E-state index in [1.807, 2.05) is 37.3 Å². The number of benzene rings is 2. The average Bonchev–Trinajstić information content (AvgIpc) is 2.81. The molecule has 2 aliphatic rings. The number of rotatable bonds is 1. The predicted molar refractivity (Wildman–Crippen MR) is 106 cm³/mol. The summed E-state index contributed by atoms with van der Waals surface area (Å²) >= 11 is 25.3. The molecule has 2 atom stereocenters. The summed E-state index contributed by atoms with van der Waals surface area (Å²) in [6, 6.07) is 9.35.